The van der Waals surface area contributed by atoms with E-state index >= 15 is 0 Å². The summed E-state index contributed by atoms with van der Waals surface area (Å²) >= 11 is 5.60. The summed E-state index contributed by atoms with van der Waals surface area (Å²) in [6, 6.07) is 7.03. The minimum Gasteiger partial charge on any atom is -0.397 e. The first-order valence-corrected chi connectivity index (χ1v) is 5.63. The van der Waals surface area contributed by atoms with E-state index in [-0.39, 0.29) is 10.8 Å². The van der Waals surface area contributed by atoms with Crippen molar-refractivity contribution >= 4 is 28.7 Å². The first kappa shape index (κ1) is 12.6. The summed E-state index contributed by atoms with van der Waals surface area (Å²) in [6.07, 6.45) is 0. The van der Waals surface area contributed by atoms with E-state index in [4.69, 9.17) is 17.3 Å². The van der Waals surface area contributed by atoms with Crippen LogP contribution >= 0.6 is 11.6 Å². The maximum Gasteiger partial charge on any atom is 0.144 e. The fraction of sp³-hybridized carbons (Fsp3) is 0.0769. The highest BCUT2D eigenvalue weighted by molar-refractivity contribution is 6.31. The normalized spacial score (nSPS) is 10.4. The number of nitrogens with one attached hydrogen (secondary N) is 1. The maximum absolute atomic E-state index is 13.3. The molecular formula is C13H11ClF2N2. The molecule has 2 aromatic carbocycles. The molecule has 0 aromatic heterocycles. The van der Waals surface area contributed by atoms with Crippen molar-refractivity contribution in [1.82, 2.24) is 0 Å². The van der Waals surface area contributed by atoms with Crippen molar-refractivity contribution in [3.05, 3.63) is 52.6 Å². The molecule has 0 saturated carbocycles. The summed E-state index contributed by atoms with van der Waals surface area (Å²) < 4.78 is 26.4. The minimum atomic E-state index is -0.563. The van der Waals surface area contributed by atoms with Crippen LogP contribution in [0.5, 0.6) is 0 Å². The number of hydrogen-bond donors (Lipinski definition) is 2. The van der Waals surface area contributed by atoms with Crippen molar-refractivity contribution in [2.24, 2.45) is 0 Å². The average molecular weight is 269 g/mol. The molecule has 0 amide bonds. The Morgan fingerprint density at radius 2 is 1.83 bits per heavy atom. The summed E-state index contributed by atoms with van der Waals surface area (Å²) in [5.74, 6) is -0.858. The molecule has 0 fully saturated rings. The smallest absolute Gasteiger partial charge is 0.144 e. The molecule has 0 unspecified atom stereocenters. The lowest BCUT2D eigenvalue weighted by Crippen LogP contribution is -1.98. The maximum atomic E-state index is 13.3. The van der Waals surface area contributed by atoms with E-state index in [2.05, 4.69) is 5.32 Å². The molecule has 3 N–H and O–H groups in total. The van der Waals surface area contributed by atoms with Crippen molar-refractivity contribution in [3.63, 3.8) is 0 Å². The second-order valence-electron chi connectivity index (χ2n) is 3.94. The van der Waals surface area contributed by atoms with E-state index in [0.29, 0.717) is 22.6 Å². The highest BCUT2D eigenvalue weighted by atomic mass is 35.5. The Morgan fingerprint density at radius 3 is 2.50 bits per heavy atom. The molecular weight excluding hydrogens is 258 g/mol. The van der Waals surface area contributed by atoms with E-state index in [9.17, 15) is 8.78 Å². The Bertz CT molecular complexity index is 600. The highest BCUT2D eigenvalue weighted by Gasteiger charge is 2.07. The standard InChI is InChI=1S/C13H11ClF2N2/c1-7-4-8(2-3-10(7)15)18-13-6-11(16)9(14)5-12(13)17/h2-6,18H,17H2,1H3. The third-order valence-electron chi connectivity index (χ3n) is 2.53. The molecule has 0 aliphatic carbocycles. The first-order valence-electron chi connectivity index (χ1n) is 5.25. The topological polar surface area (TPSA) is 38.0 Å². The SMILES string of the molecule is Cc1cc(Nc2cc(F)c(Cl)cc2N)ccc1F. The molecule has 2 rings (SSSR count). The second-order valence-corrected chi connectivity index (χ2v) is 4.35. The summed E-state index contributed by atoms with van der Waals surface area (Å²) in [5, 5.41) is 2.88. The third-order valence-corrected chi connectivity index (χ3v) is 2.82. The lowest BCUT2D eigenvalue weighted by molar-refractivity contribution is 0.618. The van der Waals surface area contributed by atoms with Crippen LogP contribution in [0.15, 0.2) is 30.3 Å². The molecule has 0 aliphatic rings. The largest absolute Gasteiger partial charge is 0.397 e. The van der Waals surface area contributed by atoms with Gasteiger partial charge in [0.1, 0.15) is 11.6 Å². The van der Waals surface area contributed by atoms with Gasteiger partial charge in [-0.2, -0.15) is 0 Å². The van der Waals surface area contributed by atoms with Gasteiger partial charge in [-0.15, -0.1) is 0 Å². The Balaban J connectivity index is 2.34. The summed E-state index contributed by atoms with van der Waals surface area (Å²) in [5.41, 5.74) is 7.55. The van der Waals surface area contributed by atoms with E-state index in [1.54, 1.807) is 19.1 Å². The number of rotatable bonds is 2. The van der Waals surface area contributed by atoms with Gasteiger partial charge < -0.3 is 11.1 Å². The predicted molar refractivity (Wildman–Crippen MR) is 70.2 cm³/mol. The van der Waals surface area contributed by atoms with Gasteiger partial charge in [0.15, 0.2) is 0 Å². The molecule has 0 atom stereocenters. The van der Waals surface area contributed by atoms with Crippen molar-refractivity contribution in [3.8, 4) is 0 Å². The first-order chi connectivity index (χ1) is 8.47. The van der Waals surface area contributed by atoms with Crippen molar-refractivity contribution in [2.75, 3.05) is 11.1 Å². The van der Waals surface area contributed by atoms with Crippen LogP contribution in [0.4, 0.5) is 25.8 Å². The number of halogens is 3. The van der Waals surface area contributed by atoms with Gasteiger partial charge in [0, 0.05) is 11.8 Å². The lowest BCUT2D eigenvalue weighted by Gasteiger charge is -2.11. The number of nitrogens with two attached hydrogens (primary N) is 1. The van der Waals surface area contributed by atoms with E-state index in [1.165, 1.54) is 18.2 Å². The van der Waals surface area contributed by atoms with Crippen molar-refractivity contribution in [1.29, 1.82) is 0 Å². The highest BCUT2D eigenvalue weighted by Crippen LogP contribution is 2.29. The van der Waals surface area contributed by atoms with Gasteiger partial charge in [0.2, 0.25) is 0 Å². The molecule has 2 nitrogen and oxygen atoms in total. The Morgan fingerprint density at radius 1 is 1.11 bits per heavy atom. The number of anilines is 3. The molecule has 0 spiro atoms. The fourth-order valence-electron chi connectivity index (χ4n) is 1.55. The second kappa shape index (κ2) is 4.82. The Hall–Kier alpha value is -1.81. The quantitative estimate of drug-likeness (QED) is 0.799. The summed E-state index contributed by atoms with van der Waals surface area (Å²) in [4.78, 5) is 0. The van der Waals surface area contributed by atoms with E-state index < -0.39 is 5.82 Å². The molecule has 0 heterocycles. The third kappa shape index (κ3) is 2.54. The van der Waals surface area contributed by atoms with Gasteiger partial charge in [-0.3, -0.25) is 0 Å². The summed E-state index contributed by atoms with van der Waals surface area (Å²) in [7, 11) is 0. The van der Waals surface area contributed by atoms with Crippen LogP contribution in [0, 0.1) is 18.6 Å². The van der Waals surface area contributed by atoms with Crippen LogP contribution in [0.25, 0.3) is 0 Å². The molecule has 5 heteroatoms. The van der Waals surface area contributed by atoms with Gasteiger partial charge in [0.05, 0.1) is 16.4 Å². The van der Waals surface area contributed by atoms with E-state index in [0.717, 1.165) is 0 Å². The molecule has 0 bridgehead atoms. The Kier molecular flexibility index (Phi) is 3.39. The molecule has 94 valence electrons. The van der Waals surface area contributed by atoms with Crippen LogP contribution in [0.3, 0.4) is 0 Å². The zero-order valence-electron chi connectivity index (χ0n) is 9.60. The lowest BCUT2D eigenvalue weighted by atomic mass is 10.2. The van der Waals surface area contributed by atoms with Crippen LogP contribution in [-0.4, -0.2) is 0 Å². The van der Waals surface area contributed by atoms with Gasteiger partial charge in [-0.05, 0) is 36.8 Å². The number of aryl methyl sites for hydroxylation is 1. The van der Waals surface area contributed by atoms with E-state index in [1.807, 2.05) is 0 Å². The van der Waals surface area contributed by atoms with Crippen LogP contribution < -0.4 is 11.1 Å². The van der Waals surface area contributed by atoms with Gasteiger partial charge in [-0.1, -0.05) is 11.6 Å². The van der Waals surface area contributed by atoms with Gasteiger partial charge in [0.25, 0.3) is 0 Å². The van der Waals surface area contributed by atoms with Crippen molar-refractivity contribution < 1.29 is 8.78 Å². The van der Waals surface area contributed by atoms with Crippen LogP contribution in [0.1, 0.15) is 5.56 Å². The molecule has 18 heavy (non-hydrogen) atoms. The fourth-order valence-corrected chi connectivity index (χ4v) is 1.72. The van der Waals surface area contributed by atoms with Crippen molar-refractivity contribution in [2.45, 2.75) is 6.92 Å². The number of benzene rings is 2. The zero-order chi connectivity index (χ0) is 13.3. The predicted octanol–water partition coefficient (Wildman–Crippen LogP) is 4.25. The Labute approximate surface area is 108 Å². The van der Waals surface area contributed by atoms with Gasteiger partial charge >= 0.3 is 0 Å². The minimum absolute atomic E-state index is 0.0339. The zero-order valence-corrected chi connectivity index (χ0v) is 10.4. The number of hydrogen-bond acceptors (Lipinski definition) is 2. The average Bonchev–Trinajstić information content (AvgIpc) is 2.31. The molecule has 2 aromatic rings. The van der Waals surface area contributed by atoms with Crippen LogP contribution in [-0.2, 0) is 0 Å². The molecule has 0 radical (unpaired) electrons. The number of nitrogen functional groups attached to an aromatic ring is 1. The monoisotopic (exact) mass is 268 g/mol. The van der Waals surface area contributed by atoms with Gasteiger partial charge in [-0.25, -0.2) is 8.78 Å². The molecule has 0 saturated heterocycles. The molecule has 0 aliphatic heterocycles. The van der Waals surface area contributed by atoms with Crippen LogP contribution in [0.2, 0.25) is 5.02 Å². The summed E-state index contributed by atoms with van der Waals surface area (Å²) in [6.45, 7) is 1.65.